The van der Waals surface area contributed by atoms with Crippen molar-refractivity contribution in [1.82, 2.24) is 14.9 Å². The fraction of sp³-hybridized carbons (Fsp3) is 0.636. The van der Waals surface area contributed by atoms with Crippen molar-refractivity contribution < 1.29 is 9.53 Å². The Morgan fingerprint density at radius 2 is 2.44 bits per heavy atom. The lowest BCUT2D eigenvalue weighted by atomic mass is 10.3. The van der Waals surface area contributed by atoms with Crippen LogP contribution in [0.4, 0.5) is 0 Å². The van der Waals surface area contributed by atoms with Crippen LogP contribution in [-0.2, 0) is 23.0 Å². The van der Waals surface area contributed by atoms with E-state index in [2.05, 4.69) is 10.3 Å². The fourth-order valence-electron chi connectivity index (χ4n) is 1.41. The highest BCUT2D eigenvalue weighted by Gasteiger charge is 2.11. The Bertz CT molecular complexity index is 336. The molecule has 16 heavy (non-hydrogen) atoms. The van der Waals surface area contributed by atoms with E-state index in [1.165, 1.54) is 0 Å². The van der Waals surface area contributed by atoms with Crippen LogP contribution in [0.25, 0.3) is 0 Å². The minimum absolute atomic E-state index is 0.0657. The third-order valence-electron chi connectivity index (χ3n) is 2.38. The number of hydrogen-bond acceptors (Lipinski definition) is 3. The molecule has 1 atom stereocenters. The summed E-state index contributed by atoms with van der Waals surface area (Å²) >= 11 is 0. The Kier molecular flexibility index (Phi) is 4.98. The SMILES string of the molecule is CCO[C@@H](C)C(=O)NCCc1cncn1C. The van der Waals surface area contributed by atoms with Crippen molar-refractivity contribution in [3.8, 4) is 0 Å². The molecule has 5 heteroatoms. The quantitative estimate of drug-likeness (QED) is 0.767. The molecule has 1 aromatic rings. The van der Waals surface area contributed by atoms with Crippen LogP contribution in [0.3, 0.4) is 0 Å². The standard InChI is InChI=1S/C11H19N3O2/c1-4-16-9(2)11(15)13-6-5-10-7-12-8-14(10)3/h7-9H,4-6H2,1-3H3,(H,13,15)/t9-/m0/s1. The van der Waals surface area contributed by atoms with E-state index in [1.807, 2.05) is 18.5 Å². The number of rotatable bonds is 6. The molecule has 0 aliphatic heterocycles. The van der Waals surface area contributed by atoms with Gasteiger partial charge in [-0.2, -0.15) is 0 Å². The van der Waals surface area contributed by atoms with Gasteiger partial charge in [0, 0.05) is 38.5 Å². The smallest absolute Gasteiger partial charge is 0.248 e. The van der Waals surface area contributed by atoms with E-state index in [1.54, 1.807) is 19.4 Å². The third kappa shape index (κ3) is 3.66. The first-order chi connectivity index (χ1) is 7.65. The van der Waals surface area contributed by atoms with Crippen molar-refractivity contribution in [2.45, 2.75) is 26.4 Å². The first-order valence-corrected chi connectivity index (χ1v) is 5.49. The molecular weight excluding hydrogens is 206 g/mol. The van der Waals surface area contributed by atoms with Crippen LogP contribution in [0, 0.1) is 0 Å². The average Bonchev–Trinajstić information content (AvgIpc) is 2.65. The maximum atomic E-state index is 11.5. The Balaban J connectivity index is 2.25. The molecule has 0 aliphatic rings. The molecule has 5 nitrogen and oxygen atoms in total. The molecule has 0 fully saturated rings. The van der Waals surface area contributed by atoms with Crippen molar-refractivity contribution >= 4 is 5.91 Å². The van der Waals surface area contributed by atoms with Gasteiger partial charge in [-0.25, -0.2) is 4.98 Å². The largest absolute Gasteiger partial charge is 0.369 e. The lowest BCUT2D eigenvalue weighted by molar-refractivity contribution is -0.131. The van der Waals surface area contributed by atoms with Gasteiger partial charge in [-0.15, -0.1) is 0 Å². The van der Waals surface area contributed by atoms with Gasteiger partial charge in [0.2, 0.25) is 5.91 Å². The maximum Gasteiger partial charge on any atom is 0.248 e. The molecule has 0 aromatic carbocycles. The Morgan fingerprint density at radius 1 is 1.69 bits per heavy atom. The van der Waals surface area contributed by atoms with Crippen LogP contribution in [0.15, 0.2) is 12.5 Å². The molecule has 0 unspecified atom stereocenters. The second kappa shape index (κ2) is 6.27. The van der Waals surface area contributed by atoms with Crippen LogP contribution in [-0.4, -0.2) is 34.7 Å². The van der Waals surface area contributed by atoms with Gasteiger partial charge >= 0.3 is 0 Å². The summed E-state index contributed by atoms with van der Waals surface area (Å²) in [6.45, 7) is 4.79. The first kappa shape index (κ1) is 12.7. The zero-order chi connectivity index (χ0) is 12.0. The van der Waals surface area contributed by atoms with E-state index in [-0.39, 0.29) is 12.0 Å². The molecule has 0 bridgehead atoms. The maximum absolute atomic E-state index is 11.5. The highest BCUT2D eigenvalue weighted by Crippen LogP contribution is 1.96. The van der Waals surface area contributed by atoms with Gasteiger partial charge in [0.1, 0.15) is 6.10 Å². The second-order valence-corrected chi connectivity index (χ2v) is 3.63. The minimum atomic E-state index is -0.378. The zero-order valence-corrected chi connectivity index (χ0v) is 10.1. The fourth-order valence-corrected chi connectivity index (χ4v) is 1.41. The molecule has 0 aliphatic carbocycles. The first-order valence-electron chi connectivity index (χ1n) is 5.49. The molecule has 0 saturated carbocycles. The summed E-state index contributed by atoms with van der Waals surface area (Å²) in [5.41, 5.74) is 1.10. The predicted octanol–water partition coefficient (Wildman–Crippen LogP) is 0.504. The molecular formula is C11H19N3O2. The molecule has 1 amide bonds. The number of imidazole rings is 1. The summed E-state index contributed by atoms with van der Waals surface area (Å²) in [7, 11) is 1.94. The number of aryl methyl sites for hydroxylation is 1. The van der Waals surface area contributed by atoms with Gasteiger partial charge in [0.15, 0.2) is 0 Å². The Labute approximate surface area is 95.8 Å². The van der Waals surface area contributed by atoms with E-state index >= 15 is 0 Å². The summed E-state index contributed by atoms with van der Waals surface area (Å²) < 4.78 is 7.13. The number of nitrogens with zero attached hydrogens (tertiary/aromatic N) is 2. The van der Waals surface area contributed by atoms with E-state index < -0.39 is 0 Å². The summed E-state index contributed by atoms with van der Waals surface area (Å²) in [6.07, 6.45) is 3.95. The van der Waals surface area contributed by atoms with Crippen LogP contribution in [0.1, 0.15) is 19.5 Å². The van der Waals surface area contributed by atoms with Crippen LogP contribution >= 0.6 is 0 Å². The monoisotopic (exact) mass is 225 g/mol. The number of amides is 1. The molecule has 0 radical (unpaired) electrons. The van der Waals surface area contributed by atoms with E-state index in [9.17, 15) is 4.79 Å². The normalized spacial score (nSPS) is 12.4. The summed E-state index contributed by atoms with van der Waals surface area (Å²) in [5.74, 6) is -0.0657. The van der Waals surface area contributed by atoms with E-state index in [4.69, 9.17) is 4.74 Å². The Hall–Kier alpha value is -1.36. The van der Waals surface area contributed by atoms with Gasteiger partial charge in [-0.3, -0.25) is 4.79 Å². The number of hydrogen-bond donors (Lipinski definition) is 1. The highest BCUT2D eigenvalue weighted by atomic mass is 16.5. The third-order valence-corrected chi connectivity index (χ3v) is 2.38. The highest BCUT2D eigenvalue weighted by molar-refractivity contribution is 5.80. The zero-order valence-electron chi connectivity index (χ0n) is 10.1. The Morgan fingerprint density at radius 3 is 3.00 bits per heavy atom. The molecule has 0 spiro atoms. The minimum Gasteiger partial charge on any atom is -0.369 e. The van der Waals surface area contributed by atoms with Crippen molar-refractivity contribution in [2.24, 2.45) is 7.05 Å². The van der Waals surface area contributed by atoms with Crippen LogP contribution in [0.2, 0.25) is 0 Å². The van der Waals surface area contributed by atoms with Gasteiger partial charge < -0.3 is 14.6 Å². The number of carbonyl (C=O) groups excluding carboxylic acids is 1. The predicted molar refractivity (Wildman–Crippen MR) is 61.0 cm³/mol. The molecule has 1 heterocycles. The topological polar surface area (TPSA) is 56.1 Å². The van der Waals surface area contributed by atoms with E-state index in [0.29, 0.717) is 13.2 Å². The van der Waals surface area contributed by atoms with Gasteiger partial charge in [-0.05, 0) is 13.8 Å². The van der Waals surface area contributed by atoms with Gasteiger partial charge in [-0.1, -0.05) is 0 Å². The molecule has 1 aromatic heterocycles. The lowest BCUT2D eigenvalue weighted by Gasteiger charge is -2.11. The molecule has 0 saturated heterocycles. The average molecular weight is 225 g/mol. The van der Waals surface area contributed by atoms with Gasteiger partial charge in [0.05, 0.1) is 6.33 Å². The van der Waals surface area contributed by atoms with Crippen LogP contribution in [0.5, 0.6) is 0 Å². The number of aromatic nitrogens is 2. The van der Waals surface area contributed by atoms with Crippen molar-refractivity contribution in [3.63, 3.8) is 0 Å². The molecule has 90 valence electrons. The summed E-state index contributed by atoms with van der Waals surface area (Å²) in [6, 6.07) is 0. The summed E-state index contributed by atoms with van der Waals surface area (Å²) in [5, 5.41) is 2.83. The lowest BCUT2D eigenvalue weighted by Crippen LogP contribution is -2.35. The number of nitrogens with one attached hydrogen (secondary N) is 1. The summed E-state index contributed by atoms with van der Waals surface area (Å²) in [4.78, 5) is 15.5. The van der Waals surface area contributed by atoms with E-state index in [0.717, 1.165) is 12.1 Å². The number of carbonyl (C=O) groups is 1. The van der Waals surface area contributed by atoms with Crippen LogP contribution < -0.4 is 5.32 Å². The van der Waals surface area contributed by atoms with Crippen molar-refractivity contribution in [1.29, 1.82) is 0 Å². The number of ether oxygens (including phenoxy) is 1. The molecule has 1 N–H and O–H groups in total. The van der Waals surface area contributed by atoms with Crippen molar-refractivity contribution in [2.75, 3.05) is 13.2 Å². The second-order valence-electron chi connectivity index (χ2n) is 3.63. The van der Waals surface area contributed by atoms with Gasteiger partial charge in [0.25, 0.3) is 0 Å². The molecule has 1 rings (SSSR count). The van der Waals surface area contributed by atoms with Crippen molar-refractivity contribution in [3.05, 3.63) is 18.2 Å².